The van der Waals surface area contributed by atoms with Crippen molar-refractivity contribution in [2.75, 3.05) is 24.5 Å². The van der Waals surface area contributed by atoms with Crippen LogP contribution in [0.2, 0.25) is 5.02 Å². The van der Waals surface area contributed by atoms with E-state index in [1.807, 2.05) is 12.1 Å². The molecular formula is C23H24ClFN4O2. The summed E-state index contributed by atoms with van der Waals surface area (Å²) in [6.07, 6.45) is 2.99. The van der Waals surface area contributed by atoms with E-state index in [1.54, 1.807) is 18.2 Å². The Bertz CT molecular complexity index is 1210. The van der Waals surface area contributed by atoms with Gasteiger partial charge in [-0.15, -0.1) is 0 Å². The first-order chi connectivity index (χ1) is 15.0. The van der Waals surface area contributed by atoms with E-state index in [0.29, 0.717) is 34.6 Å². The number of piperazine rings is 1. The Kier molecular flexibility index (Phi) is 5.32. The Morgan fingerprint density at radius 1 is 1.00 bits per heavy atom. The molecule has 6 nitrogen and oxygen atoms in total. The number of hydrogen-bond acceptors (Lipinski definition) is 4. The molecule has 8 heteroatoms. The maximum atomic E-state index is 13.2. The average Bonchev–Trinajstić information content (AvgIpc) is 2.99. The predicted molar refractivity (Wildman–Crippen MR) is 121 cm³/mol. The van der Waals surface area contributed by atoms with Gasteiger partial charge in [0.1, 0.15) is 5.82 Å². The molecule has 2 aromatic carbocycles. The van der Waals surface area contributed by atoms with Crippen molar-refractivity contribution in [1.82, 2.24) is 14.5 Å². The van der Waals surface area contributed by atoms with Crippen LogP contribution in [0.4, 0.5) is 10.1 Å². The SMILES string of the molecule is O=c1[nH]c2c(Cl)cccc2c(=O)n1CCCN1C2CCC1CN(c1ccc(F)cc1)C2. The number of halogens is 2. The number of aromatic nitrogens is 2. The second kappa shape index (κ2) is 8.13. The van der Waals surface area contributed by atoms with Crippen molar-refractivity contribution < 1.29 is 4.39 Å². The molecule has 0 aliphatic carbocycles. The van der Waals surface area contributed by atoms with E-state index in [9.17, 15) is 14.0 Å². The lowest BCUT2D eigenvalue weighted by Gasteiger charge is -2.42. The molecule has 2 bridgehead atoms. The van der Waals surface area contributed by atoms with Gasteiger partial charge in [0.2, 0.25) is 0 Å². The third kappa shape index (κ3) is 3.77. The Balaban J connectivity index is 1.26. The van der Waals surface area contributed by atoms with Crippen LogP contribution in [0.15, 0.2) is 52.1 Å². The highest BCUT2D eigenvalue weighted by Gasteiger charge is 2.39. The highest BCUT2D eigenvalue weighted by molar-refractivity contribution is 6.34. The van der Waals surface area contributed by atoms with Crippen LogP contribution >= 0.6 is 11.6 Å². The number of para-hydroxylation sites is 1. The molecule has 162 valence electrons. The summed E-state index contributed by atoms with van der Waals surface area (Å²) in [6.45, 7) is 3.04. The molecule has 2 aliphatic rings. The van der Waals surface area contributed by atoms with Crippen molar-refractivity contribution in [3.05, 3.63) is 74.1 Å². The van der Waals surface area contributed by atoms with E-state index in [4.69, 9.17) is 11.6 Å². The average molecular weight is 443 g/mol. The molecular weight excluding hydrogens is 419 g/mol. The number of benzene rings is 2. The lowest BCUT2D eigenvalue weighted by molar-refractivity contribution is 0.164. The Morgan fingerprint density at radius 3 is 2.42 bits per heavy atom. The summed E-state index contributed by atoms with van der Waals surface area (Å²) in [7, 11) is 0. The number of rotatable bonds is 5. The lowest BCUT2D eigenvalue weighted by Crippen LogP contribution is -2.54. The summed E-state index contributed by atoms with van der Waals surface area (Å²) in [4.78, 5) is 32.8. The third-order valence-electron chi connectivity index (χ3n) is 6.59. The molecule has 1 N–H and O–H groups in total. The fourth-order valence-electron chi connectivity index (χ4n) is 5.07. The first-order valence-electron chi connectivity index (χ1n) is 10.7. The molecule has 3 aromatic rings. The molecule has 0 radical (unpaired) electrons. The van der Waals surface area contributed by atoms with Crippen molar-refractivity contribution in [2.45, 2.75) is 37.9 Å². The topological polar surface area (TPSA) is 61.3 Å². The van der Waals surface area contributed by atoms with E-state index in [2.05, 4.69) is 14.8 Å². The summed E-state index contributed by atoms with van der Waals surface area (Å²) in [5.41, 5.74) is 0.733. The zero-order valence-corrected chi connectivity index (χ0v) is 17.8. The molecule has 2 unspecified atom stereocenters. The normalized spacial score (nSPS) is 21.2. The van der Waals surface area contributed by atoms with E-state index < -0.39 is 5.69 Å². The minimum absolute atomic E-state index is 0.216. The molecule has 0 amide bonds. The van der Waals surface area contributed by atoms with E-state index in [0.717, 1.165) is 44.6 Å². The van der Waals surface area contributed by atoms with Gasteiger partial charge in [-0.2, -0.15) is 0 Å². The van der Waals surface area contributed by atoms with Gasteiger partial charge >= 0.3 is 5.69 Å². The number of nitrogens with zero attached hydrogens (tertiary/aromatic N) is 3. The van der Waals surface area contributed by atoms with Crippen LogP contribution in [-0.4, -0.2) is 46.2 Å². The summed E-state index contributed by atoms with van der Waals surface area (Å²) in [5.74, 6) is -0.216. The lowest BCUT2D eigenvalue weighted by atomic mass is 10.1. The first kappa shape index (κ1) is 20.3. The maximum Gasteiger partial charge on any atom is 0.328 e. The van der Waals surface area contributed by atoms with Gasteiger partial charge in [-0.3, -0.25) is 14.3 Å². The second-order valence-corrected chi connectivity index (χ2v) is 8.81. The largest absolute Gasteiger partial charge is 0.368 e. The van der Waals surface area contributed by atoms with Crippen LogP contribution in [0.3, 0.4) is 0 Å². The van der Waals surface area contributed by atoms with Crippen LogP contribution in [0.1, 0.15) is 19.3 Å². The number of hydrogen-bond donors (Lipinski definition) is 1. The van der Waals surface area contributed by atoms with Gasteiger partial charge in [-0.1, -0.05) is 17.7 Å². The fourth-order valence-corrected chi connectivity index (χ4v) is 5.30. The molecule has 0 saturated carbocycles. The summed E-state index contributed by atoms with van der Waals surface area (Å²) in [6, 6.07) is 12.6. The minimum atomic E-state index is -0.422. The molecule has 0 spiro atoms. The van der Waals surface area contributed by atoms with Crippen molar-refractivity contribution in [3.63, 3.8) is 0 Å². The Labute approximate surface area is 183 Å². The van der Waals surface area contributed by atoms with Gasteiger partial charge in [0, 0.05) is 44.0 Å². The van der Waals surface area contributed by atoms with E-state index >= 15 is 0 Å². The molecule has 2 atom stereocenters. The van der Waals surface area contributed by atoms with Gasteiger partial charge in [0.05, 0.1) is 15.9 Å². The van der Waals surface area contributed by atoms with E-state index in [1.165, 1.54) is 16.7 Å². The van der Waals surface area contributed by atoms with E-state index in [-0.39, 0.29) is 11.4 Å². The van der Waals surface area contributed by atoms with Crippen molar-refractivity contribution in [3.8, 4) is 0 Å². The fraction of sp³-hybridized carbons (Fsp3) is 0.391. The van der Waals surface area contributed by atoms with Gasteiger partial charge in [-0.05, 0) is 55.7 Å². The molecule has 3 heterocycles. The zero-order valence-electron chi connectivity index (χ0n) is 17.1. The van der Waals surface area contributed by atoms with Crippen LogP contribution in [0.25, 0.3) is 10.9 Å². The van der Waals surface area contributed by atoms with Crippen LogP contribution in [-0.2, 0) is 6.54 Å². The van der Waals surface area contributed by atoms with Crippen molar-refractivity contribution >= 4 is 28.2 Å². The quantitative estimate of drug-likeness (QED) is 0.659. The van der Waals surface area contributed by atoms with Crippen LogP contribution in [0, 0.1) is 5.82 Å². The second-order valence-electron chi connectivity index (χ2n) is 8.41. The van der Waals surface area contributed by atoms with Crippen molar-refractivity contribution in [1.29, 1.82) is 0 Å². The predicted octanol–water partition coefficient (Wildman–Crippen LogP) is 3.23. The van der Waals surface area contributed by atoms with Gasteiger partial charge in [-0.25, -0.2) is 9.18 Å². The highest BCUT2D eigenvalue weighted by atomic mass is 35.5. The number of H-pyrrole nitrogens is 1. The minimum Gasteiger partial charge on any atom is -0.368 e. The van der Waals surface area contributed by atoms with Gasteiger partial charge in [0.15, 0.2) is 0 Å². The van der Waals surface area contributed by atoms with Gasteiger partial charge < -0.3 is 9.88 Å². The monoisotopic (exact) mass is 442 g/mol. The number of nitrogens with one attached hydrogen (secondary N) is 1. The highest BCUT2D eigenvalue weighted by Crippen LogP contribution is 2.32. The number of fused-ring (bicyclic) bond motifs is 3. The maximum absolute atomic E-state index is 13.2. The third-order valence-corrected chi connectivity index (χ3v) is 6.90. The summed E-state index contributed by atoms with van der Waals surface area (Å²) < 4.78 is 14.5. The summed E-state index contributed by atoms with van der Waals surface area (Å²) >= 11 is 6.11. The van der Waals surface area contributed by atoms with Crippen LogP contribution < -0.4 is 16.1 Å². The Hall–Kier alpha value is -2.64. The Morgan fingerprint density at radius 2 is 1.71 bits per heavy atom. The summed E-state index contributed by atoms with van der Waals surface area (Å²) in [5, 5.41) is 0.800. The molecule has 2 aliphatic heterocycles. The molecule has 31 heavy (non-hydrogen) atoms. The molecule has 2 saturated heterocycles. The first-order valence-corrected chi connectivity index (χ1v) is 11.1. The van der Waals surface area contributed by atoms with Crippen LogP contribution in [0.5, 0.6) is 0 Å². The zero-order chi connectivity index (χ0) is 21.5. The molecule has 5 rings (SSSR count). The number of anilines is 1. The smallest absolute Gasteiger partial charge is 0.328 e. The van der Waals surface area contributed by atoms with Gasteiger partial charge in [0.25, 0.3) is 5.56 Å². The standard InChI is InChI=1S/C23H24ClFN4O2/c24-20-4-1-3-19-21(20)26-23(31)29(22(19)30)12-2-11-28-17-9-10-18(28)14-27(13-17)16-7-5-15(25)6-8-16/h1,3-8,17-18H,2,9-14H2,(H,26,31). The molecule has 1 aromatic heterocycles. The molecule has 2 fully saturated rings. The number of aromatic amines is 1. The van der Waals surface area contributed by atoms with Crippen molar-refractivity contribution in [2.24, 2.45) is 0 Å².